The summed E-state index contributed by atoms with van der Waals surface area (Å²) in [5.74, 6) is 1.46. The van der Waals surface area contributed by atoms with E-state index < -0.39 is 0 Å². The van der Waals surface area contributed by atoms with Crippen molar-refractivity contribution >= 4 is 0 Å². The summed E-state index contributed by atoms with van der Waals surface area (Å²) in [6.07, 6.45) is 2.21. The number of aromatic amines is 1. The average Bonchev–Trinajstić information content (AvgIpc) is 3.16. The van der Waals surface area contributed by atoms with Gasteiger partial charge in [-0.25, -0.2) is 4.98 Å². The number of nitrogens with one attached hydrogen (secondary N) is 1. The summed E-state index contributed by atoms with van der Waals surface area (Å²) in [5.41, 5.74) is 2.02. The van der Waals surface area contributed by atoms with Crippen molar-refractivity contribution in [3.8, 4) is 23.5 Å². The van der Waals surface area contributed by atoms with E-state index in [1.165, 1.54) is 0 Å². The van der Waals surface area contributed by atoms with E-state index in [2.05, 4.69) is 20.1 Å². The predicted octanol–water partition coefficient (Wildman–Crippen LogP) is 1.93. The number of aromatic nitrogens is 4. The zero-order chi connectivity index (χ0) is 14.7. The highest BCUT2D eigenvalue weighted by atomic mass is 16.5. The largest absolute Gasteiger partial charge is 0.481 e. The number of pyridine rings is 1. The summed E-state index contributed by atoms with van der Waals surface area (Å²) >= 11 is 0. The number of H-pyrrole nitrogens is 1. The Morgan fingerprint density at radius 3 is 2.90 bits per heavy atom. The molecule has 3 heterocycles. The summed E-state index contributed by atoms with van der Waals surface area (Å²) in [4.78, 5) is 11.3. The summed E-state index contributed by atoms with van der Waals surface area (Å²) in [5, 5.41) is 12.7. The maximum absolute atomic E-state index is 8.78. The van der Waals surface area contributed by atoms with Crippen molar-refractivity contribution in [3.63, 3.8) is 0 Å². The summed E-state index contributed by atoms with van der Waals surface area (Å²) in [6.45, 7) is 0. The van der Waals surface area contributed by atoms with Crippen LogP contribution in [0.15, 0.2) is 35.0 Å². The summed E-state index contributed by atoms with van der Waals surface area (Å²) < 4.78 is 10.2. The molecule has 3 aromatic rings. The van der Waals surface area contributed by atoms with Crippen LogP contribution in [0.4, 0.5) is 0 Å². The molecule has 3 aromatic heterocycles. The molecule has 0 atom stereocenters. The monoisotopic (exact) mass is 281 g/mol. The van der Waals surface area contributed by atoms with Crippen LogP contribution in [-0.2, 0) is 6.42 Å². The Bertz CT molecular complexity index is 782. The third kappa shape index (κ3) is 2.74. The number of nitriles is 1. The van der Waals surface area contributed by atoms with Crippen molar-refractivity contribution < 1.29 is 9.26 Å². The molecule has 21 heavy (non-hydrogen) atoms. The third-order valence-electron chi connectivity index (χ3n) is 2.87. The van der Waals surface area contributed by atoms with Crippen molar-refractivity contribution in [3.05, 3.63) is 47.5 Å². The van der Waals surface area contributed by atoms with Gasteiger partial charge in [-0.2, -0.15) is 10.2 Å². The fraction of sp³-hybridized carbons (Fsp3) is 0.143. The van der Waals surface area contributed by atoms with E-state index in [1.54, 1.807) is 31.5 Å². The highest BCUT2D eigenvalue weighted by Crippen LogP contribution is 2.17. The van der Waals surface area contributed by atoms with Crippen molar-refractivity contribution in [1.82, 2.24) is 20.1 Å². The van der Waals surface area contributed by atoms with Crippen LogP contribution in [0.3, 0.4) is 0 Å². The van der Waals surface area contributed by atoms with Crippen LogP contribution in [0.25, 0.3) is 11.6 Å². The second-order valence-electron chi connectivity index (χ2n) is 4.30. The van der Waals surface area contributed by atoms with Gasteiger partial charge < -0.3 is 14.2 Å². The Kier molecular flexibility index (Phi) is 3.35. The molecule has 0 saturated carbocycles. The average molecular weight is 281 g/mol. The third-order valence-corrected chi connectivity index (χ3v) is 2.87. The van der Waals surface area contributed by atoms with Gasteiger partial charge in [-0.15, -0.1) is 0 Å². The number of rotatable bonds is 4. The second kappa shape index (κ2) is 5.46. The second-order valence-corrected chi connectivity index (χ2v) is 4.30. The van der Waals surface area contributed by atoms with Gasteiger partial charge in [0.1, 0.15) is 17.5 Å². The molecular weight excluding hydrogens is 270 g/mol. The van der Waals surface area contributed by atoms with Gasteiger partial charge in [0, 0.05) is 18.7 Å². The smallest absolute Gasteiger partial charge is 0.274 e. The summed E-state index contributed by atoms with van der Waals surface area (Å²) in [6, 6.07) is 9.07. The van der Waals surface area contributed by atoms with E-state index >= 15 is 0 Å². The first kappa shape index (κ1) is 12.9. The van der Waals surface area contributed by atoms with E-state index in [0.717, 1.165) is 5.56 Å². The van der Waals surface area contributed by atoms with Gasteiger partial charge in [0.05, 0.1) is 7.11 Å². The number of nitrogens with zero attached hydrogens (tertiary/aromatic N) is 4. The molecule has 0 bridgehead atoms. The quantitative estimate of drug-likeness (QED) is 0.784. The van der Waals surface area contributed by atoms with Crippen LogP contribution in [0.1, 0.15) is 17.1 Å². The topological polar surface area (TPSA) is 101 Å². The Morgan fingerprint density at radius 2 is 2.24 bits per heavy atom. The van der Waals surface area contributed by atoms with Crippen molar-refractivity contribution in [2.45, 2.75) is 6.42 Å². The molecule has 1 N–H and O–H groups in total. The number of methoxy groups -OCH3 is 1. The van der Waals surface area contributed by atoms with Gasteiger partial charge in [0.25, 0.3) is 5.89 Å². The molecule has 7 heteroatoms. The lowest BCUT2D eigenvalue weighted by Crippen LogP contribution is -1.93. The van der Waals surface area contributed by atoms with Crippen LogP contribution in [-0.4, -0.2) is 27.2 Å². The van der Waals surface area contributed by atoms with E-state index in [9.17, 15) is 0 Å². The van der Waals surface area contributed by atoms with Crippen molar-refractivity contribution in [2.75, 3.05) is 7.11 Å². The first-order valence-electron chi connectivity index (χ1n) is 6.19. The molecule has 3 rings (SSSR count). The standard InChI is InChI=1S/C14H11N5O2/c1-20-13-5-2-9(8-16-13)6-12-18-14(21-19-12)11-4-3-10(7-15)17-11/h2-5,8,17H,6H2,1H3. The molecule has 104 valence electrons. The number of ether oxygens (including phenoxy) is 1. The van der Waals surface area contributed by atoms with Gasteiger partial charge in [0.2, 0.25) is 5.88 Å². The normalized spacial score (nSPS) is 10.3. The maximum atomic E-state index is 8.78. The molecule has 0 aliphatic rings. The molecular formula is C14H11N5O2. The van der Waals surface area contributed by atoms with Crippen LogP contribution < -0.4 is 4.74 Å². The zero-order valence-corrected chi connectivity index (χ0v) is 11.2. The molecule has 0 radical (unpaired) electrons. The van der Waals surface area contributed by atoms with Gasteiger partial charge >= 0.3 is 0 Å². The van der Waals surface area contributed by atoms with E-state index in [0.29, 0.717) is 35.4 Å². The Hall–Kier alpha value is -3.14. The van der Waals surface area contributed by atoms with Gasteiger partial charge in [-0.3, -0.25) is 0 Å². The Morgan fingerprint density at radius 1 is 1.33 bits per heavy atom. The lowest BCUT2D eigenvalue weighted by molar-refractivity contribution is 0.397. The molecule has 0 amide bonds. The minimum atomic E-state index is 0.355. The highest BCUT2D eigenvalue weighted by molar-refractivity contribution is 5.49. The van der Waals surface area contributed by atoms with Crippen LogP contribution in [0.5, 0.6) is 5.88 Å². The minimum absolute atomic E-state index is 0.355. The van der Waals surface area contributed by atoms with E-state index in [-0.39, 0.29) is 0 Å². The van der Waals surface area contributed by atoms with Gasteiger partial charge in [-0.1, -0.05) is 11.2 Å². The minimum Gasteiger partial charge on any atom is -0.481 e. The van der Waals surface area contributed by atoms with Crippen LogP contribution in [0, 0.1) is 11.3 Å². The lowest BCUT2D eigenvalue weighted by atomic mass is 10.2. The molecule has 0 aliphatic carbocycles. The van der Waals surface area contributed by atoms with Crippen molar-refractivity contribution in [2.24, 2.45) is 0 Å². The molecule has 0 spiro atoms. The fourth-order valence-corrected chi connectivity index (χ4v) is 1.84. The first-order chi connectivity index (χ1) is 10.3. The van der Waals surface area contributed by atoms with Crippen molar-refractivity contribution in [1.29, 1.82) is 5.26 Å². The summed E-state index contributed by atoms with van der Waals surface area (Å²) in [7, 11) is 1.57. The first-order valence-corrected chi connectivity index (χ1v) is 6.19. The zero-order valence-electron chi connectivity index (χ0n) is 11.2. The number of hydrogen-bond donors (Lipinski definition) is 1. The maximum Gasteiger partial charge on any atom is 0.274 e. The Labute approximate surface area is 120 Å². The predicted molar refractivity (Wildman–Crippen MR) is 72.4 cm³/mol. The highest BCUT2D eigenvalue weighted by Gasteiger charge is 2.11. The molecule has 0 saturated heterocycles. The molecule has 0 unspecified atom stereocenters. The van der Waals surface area contributed by atoms with Gasteiger partial charge in [-0.05, 0) is 17.7 Å². The lowest BCUT2D eigenvalue weighted by Gasteiger charge is -1.99. The molecule has 0 aliphatic heterocycles. The van der Waals surface area contributed by atoms with E-state index in [4.69, 9.17) is 14.5 Å². The van der Waals surface area contributed by atoms with E-state index in [1.807, 2.05) is 12.1 Å². The molecule has 7 nitrogen and oxygen atoms in total. The van der Waals surface area contributed by atoms with Crippen LogP contribution >= 0.6 is 0 Å². The fourth-order valence-electron chi connectivity index (χ4n) is 1.84. The Balaban J connectivity index is 1.76. The van der Waals surface area contributed by atoms with Crippen LogP contribution in [0.2, 0.25) is 0 Å². The molecule has 0 aromatic carbocycles. The number of hydrogen-bond acceptors (Lipinski definition) is 6. The van der Waals surface area contributed by atoms with Gasteiger partial charge in [0.15, 0.2) is 5.82 Å². The molecule has 0 fully saturated rings. The SMILES string of the molecule is COc1ccc(Cc2noc(-c3ccc(C#N)[nH]3)n2)cn1.